The third-order valence-corrected chi connectivity index (χ3v) is 5.29. The topological polar surface area (TPSA) is 41.6 Å². The van der Waals surface area contributed by atoms with Crippen molar-refractivity contribution in [2.45, 2.75) is 50.6 Å². The molecule has 1 aromatic carbocycles. The maximum atomic E-state index is 12.8. The number of urea groups is 1. The fraction of sp³-hybridized carbons (Fsp3) is 0.526. The van der Waals surface area contributed by atoms with Crippen molar-refractivity contribution in [2.24, 2.45) is 5.92 Å². The lowest BCUT2D eigenvalue weighted by atomic mass is 9.96. The average Bonchev–Trinajstić information content (AvgIpc) is 3.32. The Morgan fingerprint density at radius 2 is 1.87 bits per heavy atom. The Morgan fingerprint density at radius 3 is 2.52 bits per heavy atom. The molecular weight excluding hydrogens is 288 g/mol. The monoisotopic (exact) mass is 312 g/mol. The molecule has 2 heterocycles. The predicted octanol–water partition coefficient (Wildman–Crippen LogP) is 4.19. The summed E-state index contributed by atoms with van der Waals surface area (Å²) in [6.07, 6.45) is 9.59. The summed E-state index contributed by atoms with van der Waals surface area (Å²) in [4.78, 5) is 14.9. The first-order valence-electron chi connectivity index (χ1n) is 8.66. The molecule has 2 amide bonds. The normalized spacial score (nSPS) is 26.1. The highest BCUT2D eigenvalue weighted by Crippen LogP contribution is 2.41. The molecule has 1 aliphatic carbocycles. The zero-order chi connectivity index (χ0) is 15.8. The third-order valence-electron chi connectivity index (χ3n) is 5.29. The number of amides is 2. The molecule has 0 spiro atoms. The van der Waals surface area contributed by atoms with E-state index in [2.05, 4.69) is 16.3 Å². The fourth-order valence-electron chi connectivity index (χ4n) is 4.04. The van der Waals surface area contributed by atoms with Crippen molar-refractivity contribution in [3.05, 3.63) is 35.9 Å². The molecule has 4 nitrogen and oxygen atoms in total. The van der Waals surface area contributed by atoms with Gasteiger partial charge >= 0.3 is 6.03 Å². The van der Waals surface area contributed by atoms with Crippen LogP contribution >= 0.6 is 0 Å². The number of methoxy groups -OCH3 is 1. The van der Waals surface area contributed by atoms with Crippen LogP contribution in [0, 0.1) is 5.92 Å². The molecule has 122 valence electrons. The molecule has 2 bridgehead atoms. The molecule has 1 aromatic rings. The number of allylic oxidation sites excluding steroid dienone is 1. The largest absolute Gasteiger partial charge is 0.495 e. The van der Waals surface area contributed by atoms with Crippen molar-refractivity contribution in [2.75, 3.05) is 12.4 Å². The summed E-state index contributed by atoms with van der Waals surface area (Å²) >= 11 is 0. The summed E-state index contributed by atoms with van der Waals surface area (Å²) in [6.45, 7) is 0. The maximum absolute atomic E-state index is 12.8. The Balaban J connectivity index is 1.47. The molecule has 2 unspecified atom stereocenters. The minimum atomic E-state index is 0.0208. The zero-order valence-electron chi connectivity index (χ0n) is 13.6. The number of carbonyl (C=O) groups excluding carboxylic acids is 1. The van der Waals surface area contributed by atoms with Crippen molar-refractivity contribution in [3.63, 3.8) is 0 Å². The number of carbonyl (C=O) groups is 1. The molecule has 2 atom stereocenters. The number of hydrogen-bond acceptors (Lipinski definition) is 2. The van der Waals surface area contributed by atoms with Crippen LogP contribution in [0.25, 0.3) is 0 Å². The van der Waals surface area contributed by atoms with Gasteiger partial charge in [0.25, 0.3) is 0 Å². The van der Waals surface area contributed by atoms with Crippen molar-refractivity contribution in [1.29, 1.82) is 0 Å². The zero-order valence-corrected chi connectivity index (χ0v) is 13.6. The van der Waals surface area contributed by atoms with Gasteiger partial charge in [0, 0.05) is 12.1 Å². The number of nitrogens with one attached hydrogen (secondary N) is 1. The van der Waals surface area contributed by atoms with E-state index in [-0.39, 0.29) is 6.03 Å². The number of piperidine rings is 1. The van der Waals surface area contributed by atoms with Gasteiger partial charge in [-0.2, -0.15) is 0 Å². The SMILES string of the molecule is COc1ccccc1NC(=O)N1C2CCC1CC(=CC1CC1)C2. The van der Waals surface area contributed by atoms with E-state index in [1.54, 1.807) is 12.7 Å². The van der Waals surface area contributed by atoms with Crippen LogP contribution in [0.1, 0.15) is 38.5 Å². The summed E-state index contributed by atoms with van der Waals surface area (Å²) in [5.74, 6) is 1.54. The van der Waals surface area contributed by atoms with E-state index in [1.165, 1.54) is 12.8 Å². The number of hydrogen-bond donors (Lipinski definition) is 1. The number of anilines is 1. The third kappa shape index (κ3) is 2.94. The highest BCUT2D eigenvalue weighted by molar-refractivity contribution is 5.91. The van der Waals surface area contributed by atoms with Crippen LogP contribution in [0.5, 0.6) is 5.75 Å². The average molecular weight is 312 g/mol. The van der Waals surface area contributed by atoms with Crippen LogP contribution in [0.15, 0.2) is 35.9 Å². The molecule has 1 N–H and O–H groups in total. The van der Waals surface area contributed by atoms with Gasteiger partial charge in [-0.3, -0.25) is 0 Å². The molecule has 23 heavy (non-hydrogen) atoms. The molecule has 4 heteroatoms. The minimum absolute atomic E-state index is 0.0208. The lowest BCUT2D eigenvalue weighted by Gasteiger charge is -2.36. The number of benzene rings is 1. The Hall–Kier alpha value is -1.97. The van der Waals surface area contributed by atoms with Crippen LogP contribution in [-0.4, -0.2) is 30.1 Å². The smallest absolute Gasteiger partial charge is 0.322 e. The van der Waals surface area contributed by atoms with Crippen LogP contribution < -0.4 is 10.1 Å². The van der Waals surface area contributed by atoms with E-state index in [0.717, 1.165) is 37.3 Å². The summed E-state index contributed by atoms with van der Waals surface area (Å²) in [6, 6.07) is 8.35. The van der Waals surface area contributed by atoms with Gasteiger partial charge in [0.15, 0.2) is 0 Å². The van der Waals surface area contributed by atoms with Gasteiger partial charge < -0.3 is 15.0 Å². The van der Waals surface area contributed by atoms with Gasteiger partial charge in [0.05, 0.1) is 12.8 Å². The number of nitrogens with zero attached hydrogens (tertiary/aromatic N) is 1. The van der Waals surface area contributed by atoms with Crippen molar-refractivity contribution in [1.82, 2.24) is 4.90 Å². The Kier molecular flexibility index (Phi) is 3.76. The van der Waals surface area contributed by atoms with Gasteiger partial charge in [-0.1, -0.05) is 23.8 Å². The standard InChI is InChI=1S/C19H24N2O2/c1-23-18-5-3-2-4-17(18)20-19(22)21-15-8-9-16(21)12-14(11-15)10-13-6-7-13/h2-5,10,13,15-16H,6-9,11-12H2,1H3,(H,20,22). The quantitative estimate of drug-likeness (QED) is 0.850. The van der Waals surface area contributed by atoms with E-state index in [4.69, 9.17) is 4.74 Å². The first-order valence-corrected chi connectivity index (χ1v) is 8.66. The van der Waals surface area contributed by atoms with Crippen molar-refractivity contribution < 1.29 is 9.53 Å². The van der Waals surface area contributed by atoms with Gasteiger partial charge in [-0.05, 0) is 56.6 Å². The maximum Gasteiger partial charge on any atom is 0.322 e. The minimum Gasteiger partial charge on any atom is -0.495 e. The molecule has 0 aromatic heterocycles. The van der Waals surface area contributed by atoms with Gasteiger partial charge in [0.2, 0.25) is 0 Å². The van der Waals surface area contributed by atoms with Gasteiger partial charge in [0.1, 0.15) is 5.75 Å². The van der Waals surface area contributed by atoms with E-state index >= 15 is 0 Å². The first kappa shape index (κ1) is 14.6. The Bertz CT molecular complexity index is 620. The van der Waals surface area contributed by atoms with E-state index in [1.807, 2.05) is 24.3 Å². The second kappa shape index (κ2) is 5.91. The van der Waals surface area contributed by atoms with Crippen molar-refractivity contribution in [3.8, 4) is 5.75 Å². The lowest BCUT2D eigenvalue weighted by Crippen LogP contribution is -2.46. The number of ether oxygens (including phenoxy) is 1. The molecular formula is C19H24N2O2. The molecule has 2 aliphatic heterocycles. The number of fused-ring (bicyclic) bond motifs is 2. The van der Waals surface area contributed by atoms with Gasteiger partial charge in [-0.25, -0.2) is 4.79 Å². The van der Waals surface area contributed by atoms with Crippen LogP contribution in [0.2, 0.25) is 0 Å². The van der Waals surface area contributed by atoms with Gasteiger partial charge in [-0.15, -0.1) is 0 Å². The predicted molar refractivity (Wildman–Crippen MR) is 90.7 cm³/mol. The van der Waals surface area contributed by atoms with E-state index < -0.39 is 0 Å². The molecule has 3 aliphatic rings. The second-order valence-corrected chi connectivity index (χ2v) is 6.99. The molecule has 0 radical (unpaired) electrons. The number of para-hydroxylation sites is 2. The summed E-state index contributed by atoms with van der Waals surface area (Å²) in [7, 11) is 1.63. The van der Waals surface area contributed by atoms with E-state index in [9.17, 15) is 4.79 Å². The summed E-state index contributed by atoms with van der Waals surface area (Å²) in [5, 5.41) is 3.04. The van der Waals surface area contributed by atoms with Crippen LogP contribution in [0.3, 0.4) is 0 Å². The summed E-state index contributed by atoms with van der Waals surface area (Å²) in [5.41, 5.74) is 2.33. The highest BCUT2D eigenvalue weighted by atomic mass is 16.5. The van der Waals surface area contributed by atoms with Crippen LogP contribution in [0.4, 0.5) is 10.5 Å². The Morgan fingerprint density at radius 1 is 1.17 bits per heavy atom. The number of rotatable bonds is 3. The lowest BCUT2D eigenvalue weighted by molar-refractivity contribution is 0.173. The molecule has 4 rings (SSSR count). The fourth-order valence-corrected chi connectivity index (χ4v) is 4.04. The molecule has 1 saturated carbocycles. The second-order valence-electron chi connectivity index (χ2n) is 6.99. The Labute approximate surface area is 137 Å². The molecule has 3 fully saturated rings. The van der Waals surface area contributed by atoms with Crippen LogP contribution in [-0.2, 0) is 0 Å². The summed E-state index contributed by atoms with van der Waals surface area (Å²) < 4.78 is 5.33. The first-order chi connectivity index (χ1) is 11.2. The highest BCUT2D eigenvalue weighted by Gasteiger charge is 2.41. The molecule has 2 saturated heterocycles. The van der Waals surface area contributed by atoms with Crippen molar-refractivity contribution >= 4 is 11.7 Å². The van der Waals surface area contributed by atoms with E-state index in [0.29, 0.717) is 17.8 Å².